The van der Waals surface area contributed by atoms with Gasteiger partial charge < -0.3 is 14.4 Å². The summed E-state index contributed by atoms with van der Waals surface area (Å²) in [7, 11) is 6.75. The van der Waals surface area contributed by atoms with E-state index in [1.54, 1.807) is 24.4 Å². The Hall–Kier alpha value is -3.15. The molecule has 0 spiro atoms. The summed E-state index contributed by atoms with van der Waals surface area (Å²) in [6.45, 7) is 0. The van der Waals surface area contributed by atoms with E-state index in [9.17, 15) is 9.59 Å². The molecular weight excluding hydrogens is 320 g/mol. The summed E-state index contributed by atoms with van der Waals surface area (Å²) in [5.41, 5.74) is 3.06. The molecule has 0 unspecified atom stereocenters. The van der Waals surface area contributed by atoms with Crippen LogP contribution in [-0.2, 0) is 0 Å². The van der Waals surface area contributed by atoms with Crippen LogP contribution < -0.4 is 9.47 Å². The van der Waals surface area contributed by atoms with E-state index in [0.717, 1.165) is 23.0 Å². The van der Waals surface area contributed by atoms with Crippen LogP contribution in [0.4, 0.5) is 0 Å². The van der Waals surface area contributed by atoms with Crippen molar-refractivity contribution in [1.29, 1.82) is 0 Å². The number of aldehydes is 2. The quantitative estimate of drug-likeness (QED) is 0.722. The van der Waals surface area contributed by atoms with Crippen molar-refractivity contribution >= 4 is 18.1 Å². The van der Waals surface area contributed by atoms with Crippen LogP contribution in [0.1, 0.15) is 31.8 Å². The third-order valence-electron chi connectivity index (χ3n) is 3.63. The summed E-state index contributed by atoms with van der Waals surface area (Å²) < 4.78 is 10.7. The molecule has 0 N–H and O–H groups in total. The molecule has 2 rings (SSSR count). The van der Waals surface area contributed by atoms with E-state index in [1.807, 2.05) is 25.2 Å². The largest absolute Gasteiger partial charge is 0.496 e. The molecule has 1 heterocycles. The van der Waals surface area contributed by atoms with E-state index in [4.69, 9.17) is 9.47 Å². The molecule has 0 radical (unpaired) electrons. The normalized spacial score (nSPS) is 11.0. The van der Waals surface area contributed by atoms with E-state index in [1.165, 1.54) is 20.4 Å². The summed E-state index contributed by atoms with van der Waals surface area (Å²) in [6, 6.07) is 5.26. The van der Waals surface area contributed by atoms with Crippen molar-refractivity contribution in [3.05, 3.63) is 59.0 Å². The fourth-order valence-corrected chi connectivity index (χ4v) is 2.51. The van der Waals surface area contributed by atoms with E-state index < -0.39 is 0 Å². The fraction of sp³-hybridized carbons (Fsp3) is 0.211. The molecule has 25 heavy (non-hydrogen) atoms. The van der Waals surface area contributed by atoms with Crippen molar-refractivity contribution in [3.8, 4) is 11.5 Å². The van der Waals surface area contributed by atoms with Gasteiger partial charge in [-0.25, -0.2) is 0 Å². The number of nitrogens with zero attached hydrogens (tertiary/aromatic N) is 2. The Bertz CT molecular complexity index is 788. The van der Waals surface area contributed by atoms with Gasteiger partial charge in [0, 0.05) is 43.8 Å². The number of ether oxygens (including phenoxy) is 2. The monoisotopic (exact) mass is 340 g/mol. The molecule has 2 aromatic rings. The highest BCUT2D eigenvalue weighted by Gasteiger charge is 2.17. The minimum absolute atomic E-state index is 0.336. The van der Waals surface area contributed by atoms with Gasteiger partial charge in [0.15, 0.2) is 12.6 Å². The number of carbonyl (C=O) groups is 2. The lowest BCUT2D eigenvalue weighted by molar-refractivity contribution is 0.111. The highest BCUT2D eigenvalue weighted by Crippen LogP contribution is 2.35. The van der Waals surface area contributed by atoms with Gasteiger partial charge in [0.25, 0.3) is 0 Å². The van der Waals surface area contributed by atoms with Gasteiger partial charge in [-0.3, -0.25) is 14.6 Å². The predicted octanol–water partition coefficient (Wildman–Crippen LogP) is 2.67. The maximum absolute atomic E-state index is 11.4. The first-order valence-corrected chi connectivity index (χ1v) is 7.55. The van der Waals surface area contributed by atoms with Crippen LogP contribution in [0.5, 0.6) is 11.5 Å². The van der Waals surface area contributed by atoms with Crippen molar-refractivity contribution < 1.29 is 19.1 Å². The standard InChI is InChI=1S/C19H20N2O4/c1-21(2)10-16(15-5-6-20-9-14(15)11-22)13-7-18(24-3)17(12-23)19(8-13)25-4/h5-12H,1-4H3/b16-10-. The number of carbonyl (C=O) groups excluding carboxylic acids is 2. The van der Waals surface area contributed by atoms with Crippen LogP contribution in [0.25, 0.3) is 5.57 Å². The van der Waals surface area contributed by atoms with Crippen LogP contribution >= 0.6 is 0 Å². The van der Waals surface area contributed by atoms with E-state index in [-0.39, 0.29) is 0 Å². The average Bonchev–Trinajstić information content (AvgIpc) is 2.64. The van der Waals surface area contributed by atoms with Gasteiger partial charge in [0.1, 0.15) is 11.5 Å². The smallest absolute Gasteiger partial charge is 0.157 e. The minimum atomic E-state index is 0.336. The second-order valence-electron chi connectivity index (χ2n) is 5.50. The number of aromatic nitrogens is 1. The molecule has 0 saturated heterocycles. The number of benzene rings is 1. The first-order chi connectivity index (χ1) is 12.0. The van der Waals surface area contributed by atoms with Crippen molar-refractivity contribution in [2.75, 3.05) is 28.3 Å². The summed E-state index contributed by atoms with van der Waals surface area (Å²) in [4.78, 5) is 28.6. The van der Waals surface area contributed by atoms with Crippen LogP contribution in [0, 0.1) is 0 Å². The van der Waals surface area contributed by atoms with Crippen LogP contribution in [0.3, 0.4) is 0 Å². The number of hydrogen-bond donors (Lipinski definition) is 0. The summed E-state index contributed by atoms with van der Waals surface area (Å²) in [6.07, 6.45) is 6.48. The van der Waals surface area contributed by atoms with Gasteiger partial charge in [-0.1, -0.05) is 0 Å². The number of methoxy groups -OCH3 is 2. The summed E-state index contributed by atoms with van der Waals surface area (Å²) in [5, 5.41) is 0. The molecule has 0 bridgehead atoms. The molecule has 0 atom stereocenters. The SMILES string of the molecule is COc1cc(/C(=C/N(C)C)c2ccncc2C=O)cc(OC)c1C=O. The van der Waals surface area contributed by atoms with Gasteiger partial charge >= 0.3 is 0 Å². The van der Waals surface area contributed by atoms with Crippen molar-refractivity contribution in [2.45, 2.75) is 0 Å². The molecule has 130 valence electrons. The molecule has 1 aromatic heterocycles. The predicted molar refractivity (Wildman–Crippen MR) is 95.3 cm³/mol. The lowest BCUT2D eigenvalue weighted by Gasteiger charge is -2.17. The molecular formula is C19H20N2O4. The molecule has 6 heteroatoms. The molecule has 0 aliphatic rings. The zero-order valence-corrected chi connectivity index (χ0v) is 14.6. The van der Waals surface area contributed by atoms with Crippen molar-refractivity contribution in [1.82, 2.24) is 9.88 Å². The third-order valence-corrected chi connectivity index (χ3v) is 3.63. The van der Waals surface area contributed by atoms with Crippen LogP contribution in [0.2, 0.25) is 0 Å². The second kappa shape index (κ2) is 8.10. The second-order valence-corrected chi connectivity index (χ2v) is 5.50. The van der Waals surface area contributed by atoms with E-state index >= 15 is 0 Å². The Balaban J connectivity index is 2.76. The molecule has 1 aromatic carbocycles. The molecule has 6 nitrogen and oxygen atoms in total. The van der Waals surface area contributed by atoms with Gasteiger partial charge in [-0.15, -0.1) is 0 Å². The Kier molecular flexibility index (Phi) is 5.89. The zero-order valence-electron chi connectivity index (χ0n) is 14.6. The van der Waals surface area contributed by atoms with E-state index in [2.05, 4.69) is 4.98 Å². The topological polar surface area (TPSA) is 68.7 Å². The maximum atomic E-state index is 11.4. The van der Waals surface area contributed by atoms with Crippen LogP contribution in [0.15, 0.2) is 36.8 Å². The van der Waals surface area contributed by atoms with Gasteiger partial charge in [-0.05, 0) is 29.3 Å². The maximum Gasteiger partial charge on any atom is 0.157 e. The first-order valence-electron chi connectivity index (χ1n) is 7.55. The van der Waals surface area contributed by atoms with E-state index in [0.29, 0.717) is 28.9 Å². The molecule has 0 aliphatic heterocycles. The van der Waals surface area contributed by atoms with Gasteiger partial charge in [0.05, 0.1) is 19.8 Å². The van der Waals surface area contributed by atoms with Crippen molar-refractivity contribution in [2.24, 2.45) is 0 Å². The molecule has 0 saturated carbocycles. The Morgan fingerprint density at radius 1 is 1.08 bits per heavy atom. The number of rotatable bonds is 7. The Morgan fingerprint density at radius 2 is 1.72 bits per heavy atom. The number of hydrogen-bond acceptors (Lipinski definition) is 6. The number of pyridine rings is 1. The van der Waals surface area contributed by atoms with Crippen LogP contribution in [-0.4, -0.2) is 50.8 Å². The first kappa shape index (κ1) is 18.2. The zero-order chi connectivity index (χ0) is 18.4. The lowest BCUT2D eigenvalue weighted by atomic mass is 9.94. The Morgan fingerprint density at radius 3 is 2.20 bits per heavy atom. The third kappa shape index (κ3) is 3.85. The van der Waals surface area contributed by atoms with Gasteiger partial charge in [-0.2, -0.15) is 0 Å². The molecule has 0 fully saturated rings. The lowest BCUT2D eigenvalue weighted by Crippen LogP contribution is -2.06. The molecule has 0 amide bonds. The highest BCUT2D eigenvalue weighted by molar-refractivity contribution is 5.92. The summed E-state index contributed by atoms with van der Waals surface area (Å²) in [5.74, 6) is 0.798. The van der Waals surface area contributed by atoms with Crippen molar-refractivity contribution in [3.63, 3.8) is 0 Å². The summed E-state index contributed by atoms with van der Waals surface area (Å²) >= 11 is 0. The minimum Gasteiger partial charge on any atom is -0.496 e. The molecule has 0 aliphatic carbocycles. The Labute approximate surface area is 146 Å². The van der Waals surface area contributed by atoms with Gasteiger partial charge in [0.2, 0.25) is 0 Å². The fourth-order valence-electron chi connectivity index (χ4n) is 2.51. The highest BCUT2D eigenvalue weighted by atomic mass is 16.5. The average molecular weight is 340 g/mol.